The Kier molecular flexibility index (Phi) is 5.42. The normalized spacial score (nSPS) is 16.5. The van der Waals surface area contributed by atoms with Crippen molar-refractivity contribution in [3.05, 3.63) is 42.0 Å². The number of benzene rings is 2. The van der Waals surface area contributed by atoms with Crippen molar-refractivity contribution in [2.75, 3.05) is 19.9 Å². The Labute approximate surface area is 188 Å². The Bertz CT molecular complexity index is 1200. The van der Waals surface area contributed by atoms with Crippen LogP contribution in [0.25, 0.3) is 22.4 Å². The third-order valence-corrected chi connectivity index (χ3v) is 6.29. The van der Waals surface area contributed by atoms with Crippen LogP contribution in [0.1, 0.15) is 44.2 Å². The lowest BCUT2D eigenvalue weighted by atomic mass is 10.0. The van der Waals surface area contributed by atoms with Gasteiger partial charge in [-0.05, 0) is 55.7 Å². The molecule has 0 atom stereocenters. The Morgan fingerprint density at radius 1 is 1.09 bits per heavy atom. The first-order valence-electron chi connectivity index (χ1n) is 11.1. The molecule has 33 heavy (non-hydrogen) atoms. The Morgan fingerprint density at radius 3 is 2.58 bits per heavy atom. The predicted molar refractivity (Wildman–Crippen MR) is 116 cm³/mol. The van der Waals surface area contributed by atoms with Crippen LogP contribution in [0.15, 0.2) is 36.4 Å². The molecule has 0 unspecified atom stereocenters. The highest BCUT2D eigenvalue weighted by molar-refractivity contribution is 5.82. The Morgan fingerprint density at radius 2 is 1.85 bits per heavy atom. The summed E-state index contributed by atoms with van der Waals surface area (Å²) in [5, 5.41) is 0. The highest BCUT2D eigenvalue weighted by Crippen LogP contribution is 2.40. The number of piperidine rings is 1. The molecule has 1 saturated heterocycles. The minimum absolute atomic E-state index is 0.0119. The number of hydrogen-bond acceptors (Lipinski definition) is 4. The molecular formula is C24H24F3N3O3. The number of halogens is 3. The van der Waals surface area contributed by atoms with Gasteiger partial charge >= 0.3 is 6.18 Å². The van der Waals surface area contributed by atoms with E-state index in [2.05, 4.69) is 4.98 Å². The summed E-state index contributed by atoms with van der Waals surface area (Å²) >= 11 is 0. The van der Waals surface area contributed by atoms with Crippen LogP contribution in [-0.4, -0.2) is 40.2 Å². The number of aromatic nitrogens is 2. The molecule has 1 fully saturated rings. The van der Waals surface area contributed by atoms with Crippen molar-refractivity contribution < 1.29 is 27.4 Å². The lowest BCUT2D eigenvalue weighted by Crippen LogP contribution is -2.39. The molecule has 2 aliphatic heterocycles. The molecule has 0 aliphatic carbocycles. The maximum Gasteiger partial charge on any atom is 0.416 e. The average Bonchev–Trinajstić information content (AvgIpc) is 3.42. The number of imidazole rings is 1. The molecule has 2 aromatic carbocycles. The monoisotopic (exact) mass is 459 g/mol. The number of carbonyl (C=O) groups excluding carboxylic acids is 1. The Hall–Kier alpha value is -3.23. The summed E-state index contributed by atoms with van der Waals surface area (Å²) in [4.78, 5) is 18.8. The molecule has 0 spiro atoms. The SMILES string of the molecule is CCCC(=O)N1CCC(n2c(-c3ccc4c(c3)OCO4)nc3cc(C(F)(F)F)ccc32)CC1. The van der Waals surface area contributed by atoms with E-state index in [1.165, 1.54) is 6.07 Å². The van der Waals surface area contributed by atoms with Crippen LogP contribution in [-0.2, 0) is 11.0 Å². The number of alkyl halides is 3. The smallest absolute Gasteiger partial charge is 0.416 e. The molecule has 5 rings (SSSR count). The quantitative estimate of drug-likeness (QED) is 0.523. The largest absolute Gasteiger partial charge is 0.454 e. The van der Waals surface area contributed by atoms with Crippen LogP contribution in [0, 0.1) is 0 Å². The van der Waals surface area contributed by atoms with Crippen molar-refractivity contribution in [3.8, 4) is 22.9 Å². The lowest BCUT2D eigenvalue weighted by Gasteiger charge is -2.33. The van der Waals surface area contributed by atoms with Gasteiger partial charge in [0.15, 0.2) is 11.5 Å². The molecule has 3 aromatic rings. The first-order chi connectivity index (χ1) is 15.8. The van der Waals surface area contributed by atoms with E-state index in [1.807, 2.05) is 28.5 Å². The topological polar surface area (TPSA) is 56.6 Å². The number of amides is 1. The molecule has 6 nitrogen and oxygen atoms in total. The summed E-state index contributed by atoms with van der Waals surface area (Å²) in [6.45, 7) is 3.35. The molecule has 0 saturated carbocycles. The molecule has 9 heteroatoms. The first-order valence-corrected chi connectivity index (χ1v) is 11.1. The van der Waals surface area contributed by atoms with Gasteiger partial charge in [-0.15, -0.1) is 0 Å². The zero-order chi connectivity index (χ0) is 23.2. The first kappa shape index (κ1) is 21.6. The number of rotatable bonds is 4. The van der Waals surface area contributed by atoms with Crippen LogP contribution in [0.3, 0.4) is 0 Å². The number of carbonyl (C=O) groups is 1. The van der Waals surface area contributed by atoms with E-state index in [1.54, 1.807) is 6.07 Å². The van der Waals surface area contributed by atoms with Gasteiger partial charge < -0.3 is 18.9 Å². The third-order valence-electron chi connectivity index (χ3n) is 6.29. The molecule has 2 aliphatic rings. The second-order valence-corrected chi connectivity index (χ2v) is 8.44. The molecular weight excluding hydrogens is 435 g/mol. The lowest BCUT2D eigenvalue weighted by molar-refractivity contribution is -0.137. The van der Waals surface area contributed by atoms with Crippen LogP contribution >= 0.6 is 0 Å². The maximum absolute atomic E-state index is 13.3. The summed E-state index contributed by atoms with van der Waals surface area (Å²) in [6, 6.07) is 9.15. The third kappa shape index (κ3) is 4.00. The molecule has 174 valence electrons. The van der Waals surface area contributed by atoms with E-state index in [0.717, 1.165) is 24.1 Å². The molecule has 0 radical (unpaired) electrons. The fourth-order valence-corrected chi connectivity index (χ4v) is 4.63. The standard InChI is InChI=1S/C24H24F3N3O3/c1-2-3-22(31)29-10-8-17(9-11-29)30-19-6-5-16(24(25,26)27)13-18(19)28-23(30)15-4-7-20-21(12-15)33-14-32-20/h4-7,12-13,17H,2-3,8-11,14H2,1H3. The zero-order valence-corrected chi connectivity index (χ0v) is 18.2. The summed E-state index contributed by atoms with van der Waals surface area (Å²) < 4.78 is 52.9. The van der Waals surface area contributed by atoms with Gasteiger partial charge in [-0.2, -0.15) is 13.2 Å². The van der Waals surface area contributed by atoms with Crippen molar-refractivity contribution in [2.45, 2.75) is 44.8 Å². The second-order valence-electron chi connectivity index (χ2n) is 8.44. The van der Waals surface area contributed by atoms with E-state index in [0.29, 0.717) is 60.7 Å². The average molecular weight is 459 g/mol. The van der Waals surface area contributed by atoms with Gasteiger partial charge in [0.05, 0.1) is 16.6 Å². The van der Waals surface area contributed by atoms with Gasteiger partial charge in [-0.25, -0.2) is 4.98 Å². The van der Waals surface area contributed by atoms with Crippen LogP contribution in [0.5, 0.6) is 11.5 Å². The number of nitrogens with zero attached hydrogens (tertiary/aromatic N) is 3. The molecule has 1 amide bonds. The predicted octanol–water partition coefficient (Wildman–Crippen LogP) is 5.41. The fourth-order valence-electron chi connectivity index (χ4n) is 4.63. The van der Waals surface area contributed by atoms with E-state index >= 15 is 0 Å². The van der Waals surface area contributed by atoms with E-state index in [9.17, 15) is 18.0 Å². The number of likely N-dealkylation sites (tertiary alicyclic amines) is 1. The van der Waals surface area contributed by atoms with E-state index in [4.69, 9.17) is 9.47 Å². The molecule has 0 bridgehead atoms. The van der Waals surface area contributed by atoms with Crippen LogP contribution < -0.4 is 9.47 Å². The maximum atomic E-state index is 13.3. The van der Waals surface area contributed by atoms with Crippen LogP contribution in [0.4, 0.5) is 13.2 Å². The van der Waals surface area contributed by atoms with Gasteiger partial charge in [0, 0.05) is 31.1 Å². The molecule has 1 aromatic heterocycles. The molecule has 3 heterocycles. The summed E-state index contributed by atoms with van der Waals surface area (Å²) in [5.74, 6) is 1.95. The van der Waals surface area contributed by atoms with Gasteiger partial charge in [0.2, 0.25) is 12.7 Å². The molecule has 0 N–H and O–H groups in total. The van der Waals surface area contributed by atoms with Crippen LogP contribution in [0.2, 0.25) is 0 Å². The van der Waals surface area contributed by atoms with E-state index in [-0.39, 0.29) is 18.7 Å². The van der Waals surface area contributed by atoms with Gasteiger partial charge in [-0.3, -0.25) is 4.79 Å². The second kappa shape index (κ2) is 8.28. The highest BCUT2D eigenvalue weighted by atomic mass is 19.4. The van der Waals surface area contributed by atoms with Crippen molar-refractivity contribution in [3.63, 3.8) is 0 Å². The minimum atomic E-state index is -4.44. The summed E-state index contributed by atoms with van der Waals surface area (Å²) in [7, 11) is 0. The summed E-state index contributed by atoms with van der Waals surface area (Å²) in [6.07, 6.45) is -1.69. The van der Waals surface area contributed by atoms with Crippen molar-refractivity contribution in [1.29, 1.82) is 0 Å². The van der Waals surface area contributed by atoms with E-state index < -0.39 is 11.7 Å². The summed E-state index contributed by atoms with van der Waals surface area (Å²) in [5.41, 5.74) is 0.960. The fraction of sp³-hybridized carbons (Fsp3) is 0.417. The highest BCUT2D eigenvalue weighted by Gasteiger charge is 2.32. The number of hydrogen-bond donors (Lipinski definition) is 0. The van der Waals surface area contributed by atoms with Gasteiger partial charge in [0.1, 0.15) is 5.82 Å². The van der Waals surface area contributed by atoms with Crippen molar-refractivity contribution >= 4 is 16.9 Å². The zero-order valence-electron chi connectivity index (χ0n) is 18.2. The Balaban J connectivity index is 1.56. The van der Waals surface area contributed by atoms with Gasteiger partial charge in [-0.1, -0.05) is 6.92 Å². The van der Waals surface area contributed by atoms with Crippen molar-refractivity contribution in [1.82, 2.24) is 14.5 Å². The van der Waals surface area contributed by atoms with Gasteiger partial charge in [0.25, 0.3) is 0 Å². The minimum Gasteiger partial charge on any atom is -0.454 e. The van der Waals surface area contributed by atoms with Crippen molar-refractivity contribution in [2.24, 2.45) is 0 Å². The number of ether oxygens (including phenoxy) is 2. The number of fused-ring (bicyclic) bond motifs is 2.